The molecule has 0 fully saturated rings. The van der Waals surface area contributed by atoms with Crippen molar-refractivity contribution in [3.05, 3.63) is 216 Å². The Balaban J connectivity index is 1.12. The van der Waals surface area contributed by atoms with Crippen molar-refractivity contribution in [3.8, 4) is 17.2 Å². The molecule has 0 N–H and O–H groups in total. The Morgan fingerprint density at radius 1 is 0.443 bits per heavy atom. The van der Waals surface area contributed by atoms with Gasteiger partial charge in [-0.1, -0.05) is 146 Å². The Bertz CT molecular complexity index is 3910. The van der Waals surface area contributed by atoms with Crippen molar-refractivity contribution in [2.75, 3.05) is 0 Å². The molecule has 286 valence electrons. The molecule has 0 bridgehead atoms. The normalized spacial score (nSPS) is 17.8. The molecular formula is C55H32NO2PS2. The van der Waals surface area contributed by atoms with Crippen LogP contribution < -0.4 is 20.7 Å². The molecule has 0 amide bonds. The van der Waals surface area contributed by atoms with Gasteiger partial charge in [-0.15, -0.1) is 22.7 Å². The molecule has 9 aromatic carbocycles. The van der Waals surface area contributed by atoms with Crippen LogP contribution in [0, 0.1) is 0 Å². The van der Waals surface area contributed by atoms with E-state index in [0.29, 0.717) is 0 Å². The number of ether oxygens (including phenoxy) is 1. The van der Waals surface area contributed by atoms with Gasteiger partial charge in [-0.2, -0.15) is 0 Å². The summed E-state index contributed by atoms with van der Waals surface area (Å²) < 4.78 is 31.1. The summed E-state index contributed by atoms with van der Waals surface area (Å²) in [7, 11) is -3.39. The minimum Gasteiger partial charge on any atom is -0.457 e. The molecule has 3 nitrogen and oxygen atoms in total. The monoisotopic (exact) mass is 833 g/mol. The fourth-order valence-corrected chi connectivity index (χ4v) is 16.5. The SMILES string of the molecule is O=P1(c2ccccc2)c2ccccc2C2(c3ccccc3Oc3cc(-n4c5ccccc5c5ccc6c7ccccc7sc6c54)ccc32)c2cc3c(cc21)sc1ccccc13. The van der Waals surface area contributed by atoms with E-state index >= 15 is 4.57 Å². The van der Waals surface area contributed by atoms with Crippen LogP contribution in [0.3, 0.4) is 0 Å². The van der Waals surface area contributed by atoms with Crippen LogP contribution in [-0.4, -0.2) is 4.57 Å². The van der Waals surface area contributed by atoms with Crippen LogP contribution in [0.4, 0.5) is 0 Å². The first-order valence-corrected chi connectivity index (χ1v) is 23.9. The van der Waals surface area contributed by atoms with Gasteiger partial charge < -0.3 is 13.9 Å². The maximum absolute atomic E-state index is 16.6. The smallest absolute Gasteiger partial charge is 0.171 e. The highest BCUT2D eigenvalue weighted by Gasteiger charge is 2.55. The highest BCUT2D eigenvalue weighted by molar-refractivity contribution is 7.85. The topological polar surface area (TPSA) is 31.2 Å². The second kappa shape index (κ2) is 12.2. The Morgan fingerprint density at radius 3 is 1.95 bits per heavy atom. The minimum atomic E-state index is -3.39. The van der Waals surface area contributed by atoms with E-state index in [0.717, 1.165) is 65.6 Å². The maximum atomic E-state index is 16.6. The fraction of sp³-hybridized carbons (Fsp3) is 0.0182. The van der Waals surface area contributed by atoms with Gasteiger partial charge in [0.15, 0.2) is 7.14 Å². The highest BCUT2D eigenvalue weighted by Crippen LogP contribution is 2.62. The molecule has 2 aliphatic rings. The molecule has 6 heteroatoms. The average Bonchev–Trinajstić information content (AvgIpc) is 3.99. The van der Waals surface area contributed by atoms with Crippen LogP contribution in [0.5, 0.6) is 11.5 Å². The average molecular weight is 834 g/mol. The second-order valence-corrected chi connectivity index (χ2v) is 21.1. The number of hydrogen-bond donors (Lipinski definition) is 0. The molecule has 0 saturated heterocycles. The van der Waals surface area contributed by atoms with Gasteiger partial charge in [0.2, 0.25) is 0 Å². The number of para-hydroxylation sites is 2. The molecule has 2 aliphatic heterocycles. The van der Waals surface area contributed by atoms with Crippen LogP contribution in [0.2, 0.25) is 0 Å². The van der Waals surface area contributed by atoms with Gasteiger partial charge in [0.05, 0.1) is 21.1 Å². The molecule has 2 unspecified atom stereocenters. The lowest BCUT2D eigenvalue weighted by atomic mass is 9.63. The van der Waals surface area contributed by atoms with Crippen LogP contribution in [0.1, 0.15) is 22.3 Å². The van der Waals surface area contributed by atoms with Crippen molar-refractivity contribution in [1.82, 2.24) is 4.57 Å². The highest BCUT2D eigenvalue weighted by atomic mass is 32.1. The third-order valence-corrected chi connectivity index (χ3v) is 18.8. The van der Waals surface area contributed by atoms with Crippen LogP contribution in [-0.2, 0) is 9.98 Å². The van der Waals surface area contributed by atoms with E-state index in [2.05, 4.69) is 168 Å². The van der Waals surface area contributed by atoms with Crippen molar-refractivity contribution in [2.45, 2.75) is 5.41 Å². The zero-order valence-corrected chi connectivity index (χ0v) is 35.0. The molecule has 14 rings (SSSR count). The molecule has 5 heterocycles. The standard InChI is InChI=1S/C55H32NO2PS2/c57-59(34-14-2-1-3-15-34)48-23-11-8-20-43(48)55(44-31-40-37-18-6-12-24-50(37)60-52(40)32-49(44)59)41-19-7-10-22-46(41)58-47-30-33(26-29-42(47)55)56-45-21-9-4-16-35(45)38-27-28-39-36-17-5-13-25-51(36)61-54(39)53(38)56/h1-32H. The number of hydrogen-bond acceptors (Lipinski definition) is 4. The molecule has 3 aromatic heterocycles. The lowest BCUT2D eigenvalue weighted by Gasteiger charge is -2.47. The lowest BCUT2D eigenvalue weighted by Crippen LogP contribution is -2.47. The van der Waals surface area contributed by atoms with Gasteiger partial charge in [-0.25, -0.2) is 0 Å². The van der Waals surface area contributed by atoms with E-state index in [1.54, 1.807) is 11.3 Å². The first kappa shape index (κ1) is 34.0. The largest absolute Gasteiger partial charge is 0.457 e. The predicted molar refractivity (Wildman–Crippen MR) is 258 cm³/mol. The molecule has 61 heavy (non-hydrogen) atoms. The molecule has 12 aromatic rings. The summed E-state index contributed by atoms with van der Waals surface area (Å²) in [6.07, 6.45) is 0. The molecule has 0 radical (unpaired) electrons. The minimum absolute atomic E-state index is 0.790. The third kappa shape index (κ3) is 4.30. The summed E-state index contributed by atoms with van der Waals surface area (Å²) in [6, 6.07) is 69.3. The van der Waals surface area contributed by atoms with Gasteiger partial charge in [-0.3, -0.25) is 0 Å². The van der Waals surface area contributed by atoms with Crippen LogP contribution in [0.15, 0.2) is 194 Å². The first-order chi connectivity index (χ1) is 30.1. The van der Waals surface area contributed by atoms with Crippen molar-refractivity contribution in [1.29, 1.82) is 0 Å². The fourth-order valence-electron chi connectivity index (χ4n) is 10.8. The number of rotatable bonds is 2. The Hall–Kier alpha value is -6.75. The summed E-state index contributed by atoms with van der Waals surface area (Å²) >= 11 is 3.63. The van der Waals surface area contributed by atoms with Crippen molar-refractivity contribution in [3.63, 3.8) is 0 Å². The van der Waals surface area contributed by atoms with Crippen molar-refractivity contribution in [2.24, 2.45) is 0 Å². The zero-order valence-electron chi connectivity index (χ0n) is 32.5. The van der Waals surface area contributed by atoms with Gasteiger partial charge in [0, 0.05) is 85.2 Å². The van der Waals surface area contributed by atoms with Crippen molar-refractivity contribution < 1.29 is 9.30 Å². The number of aromatic nitrogens is 1. The van der Waals surface area contributed by atoms with Gasteiger partial charge in [-0.05, 0) is 53.6 Å². The van der Waals surface area contributed by atoms with Crippen LogP contribution >= 0.6 is 29.8 Å². The maximum Gasteiger partial charge on any atom is 0.171 e. The Labute approximate surface area is 358 Å². The van der Waals surface area contributed by atoms with E-state index in [1.807, 2.05) is 41.7 Å². The van der Waals surface area contributed by atoms with E-state index in [4.69, 9.17) is 4.74 Å². The Kier molecular flexibility index (Phi) is 6.79. The molecule has 2 atom stereocenters. The van der Waals surface area contributed by atoms with Gasteiger partial charge in [0.25, 0.3) is 0 Å². The summed E-state index contributed by atoms with van der Waals surface area (Å²) in [5.74, 6) is 1.59. The second-order valence-electron chi connectivity index (χ2n) is 16.2. The lowest BCUT2D eigenvalue weighted by molar-refractivity contribution is 0.435. The molecule has 1 spiro atoms. The van der Waals surface area contributed by atoms with E-state index in [9.17, 15) is 0 Å². The van der Waals surface area contributed by atoms with E-state index < -0.39 is 12.6 Å². The molecule has 0 aliphatic carbocycles. The Morgan fingerprint density at radius 2 is 1.10 bits per heavy atom. The number of benzene rings is 9. The summed E-state index contributed by atoms with van der Waals surface area (Å²) in [6.45, 7) is 0. The van der Waals surface area contributed by atoms with E-state index in [1.165, 1.54) is 51.9 Å². The molecule has 0 saturated carbocycles. The van der Waals surface area contributed by atoms with Gasteiger partial charge >= 0.3 is 0 Å². The zero-order chi connectivity index (χ0) is 40.0. The number of nitrogens with zero attached hydrogens (tertiary/aromatic N) is 1. The summed E-state index contributed by atoms with van der Waals surface area (Å²) in [4.78, 5) is 0. The van der Waals surface area contributed by atoms with Crippen LogP contribution in [0.25, 0.3) is 67.8 Å². The summed E-state index contributed by atoms with van der Waals surface area (Å²) in [5.41, 5.74) is 6.70. The third-order valence-electron chi connectivity index (χ3n) is 13.3. The van der Waals surface area contributed by atoms with Crippen molar-refractivity contribution >= 4 is 108 Å². The quantitative estimate of drug-likeness (QED) is 0.163. The van der Waals surface area contributed by atoms with E-state index in [-0.39, 0.29) is 0 Å². The number of fused-ring (bicyclic) bond motifs is 18. The summed E-state index contributed by atoms with van der Waals surface area (Å²) in [5, 5.41) is 9.99. The first-order valence-electron chi connectivity index (χ1n) is 20.6. The molecular weight excluding hydrogens is 802 g/mol. The number of thiophene rings is 2. The predicted octanol–water partition coefficient (Wildman–Crippen LogP) is 14.0. The van der Waals surface area contributed by atoms with Gasteiger partial charge in [0.1, 0.15) is 11.5 Å².